The van der Waals surface area contributed by atoms with E-state index in [1.165, 1.54) is 30.8 Å². The summed E-state index contributed by atoms with van der Waals surface area (Å²) in [7, 11) is 0. The molecule has 2 atom stereocenters. The van der Waals surface area contributed by atoms with Gasteiger partial charge in [-0.2, -0.15) is 0 Å². The zero-order valence-corrected chi connectivity index (χ0v) is 11.7. The Kier molecular flexibility index (Phi) is 2.95. The van der Waals surface area contributed by atoms with Gasteiger partial charge in [0.1, 0.15) is 0 Å². The topological polar surface area (TPSA) is 15.3 Å². The quantitative estimate of drug-likeness (QED) is 0.859. The van der Waals surface area contributed by atoms with Gasteiger partial charge in [-0.15, -0.1) is 0 Å². The van der Waals surface area contributed by atoms with E-state index in [2.05, 4.69) is 55.3 Å². The van der Waals surface area contributed by atoms with Gasteiger partial charge in [0.05, 0.1) is 0 Å². The summed E-state index contributed by atoms with van der Waals surface area (Å²) in [6, 6.07) is 9.00. The second kappa shape index (κ2) is 4.36. The number of likely N-dealkylation sites (tertiary alicyclic amines) is 1. The van der Waals surface area contributed by atoms with Crippen LogP contribution in [0.25, 0.3) is 0 Å². The maximum absolute atomic E-state index is 3.55. The van der Waals surface area contributed by atoms with Crippen molar-refractivity contribution in [2.45, 2.75) is 32.9 Å². The molecule has 0 radical (unpaired) electrons. The Morgan fingerprint density at radius 1 is 1.22 bits per heavy atom. The molecule has 2 saturated heterocycles. The molecule has 18 heavy (non-hydrogen) atoms. The van der Waals surface area contributed by atoms with Crippen molar-refractivity contribution >= 4 is 0 Å². The molecule has 0 saturated carbocycles. The lowest BCUT2D eigenvalue weighted by Gasteiger charge is -2.35. The molecule has 2 nitrogen and oxygen atoms in total. The molecule has 2 aliphatic rings. The summed E-state index contributed by atoms with van der Waals surface area (Å²) in [4.78, 5) is 2.67. The highest BCUT2D eigenvalue weighted by molar-refractivity contribution is 5.22. The van der Waals surface area contributed by atoms with Crippen LogP contribution < -0.4 is 5.32 Å². The van der Waals surface area contributed by atoms with Crippen LogP contribution >= 0.6 is 0 Å². The fourth-order valence-corrected chi connectivity index (χ4v) is 3.69. The third-order valence-electron chi connectivity index (χ3n) is 5.01. The standard InChI is InChI=1S/C16H24N2/c1-12-4-6-13(7-5-12)10-18-11-14-8-17-9-15(14)16(18,2)3/h4-7,14-15,17H,8-11H2,1-3H3. The predicted octanol–water partition coefficient (Wildman–Crippen LogP) is 2.42. The minimum absolute atomic E-state index is 0.332. The van der Waals surface area contributed by atoms with Crippen molar-refractivity contribution < 1.29 is 0 Å². The number of nitrogens with one attached hydrogen (secondary N) is 1. The van der Waals surface area contributed by atoms with Crippen molar-refractivity contribution in [2.24, 2.45) is 11.8 Å². The molecule has 0 spiro atoms. The molecule has 0 amide bonds. The molecule has 0 aromatic heterocycles. The Balaban J connectivity index is 1.75. The van der Waals surface area contributed by atoms with Crippen molar-refractivity contribution in [3.63, 3.8) is 0 Å². The van der Waals surface area contributed by atoms with Gasteiger partial charge < -0.3 is 5.32 Å². The van der Waals surface area contributed by atoms with Crippen LogP contribution in [0.3, 0.4) is 0 Å². The van der Waals surface area contributed by atoms with Gasteiger partial charge in [0, 0.05) is 25.2 Å². The van der Waals surface area contributed by atoms with Crippen LogP contribution in [0.1, 0.15) is 25.0 Å². The summed E-state index contributed by atoms with van der Waals surface area (Å²) < 4.78 is 0. The second-order valence-electron chi connectivity index (χ2n) is 6.54. The fourth-order valence-electron chi connectivity index (χ4n) is 3.69. The number of nitrogens with zero attached hydrogens (tertiary/aromatic N) is 1. The average molecular weight is 244 g/mol. The first-order valence-corrected chi connectivity index (χ1v) is 7.08. The van der Waals surface area contributed by atoms with E-state index in [1.54, 1.807) is 0 Å². The van der Waals surface area contributed by atoms with E-state index in [9.17, 15) is 0 Å². The largest absolute Gasteiger partial charge is 0.316 e. The highest BCUT2D eigenvalue weighted by atomic mass is 15.2. The number of rotatable bonds is 2. The van der Waals surface area contributed by atoms with Crippen molar-refractivity contribution in [3.8, 4) is 0 Å². The van der Waals surface area contributed by atoms with Gasteiger partial charge in [0.25, 0.3) is 0 Å². The molecule has 1 aromatic carbocycles. The molecule has 98 valence electrons. The van der Waals surface area contributed by atoms with Gasteiger partial charge in [0.15, 0.2) is 0 Å². The Labute approximate surface area is 110 Å². The monoisotopic (exact) mass is 244 g/mol. The van der Waals surface area contributed by atoms with E-state index >= 15 is 0 Å². The van der Waals surface area contributed by atoms with Crippen LogP contribution in [0.5, 0.6) is 0 Å². The molecular weight excluding hydrogens is 220 g/mol. The summed E-state index contributed by atoms with van der Waals surface area (Å²) in [6.07, 6.45) is 0. The highest BCUT2D eigenvalue weighted by Gasteiger charge is 2.49. The Morgan fingerprint density at radius 2 is 1.94 bits per heavy atom. The first kappa shape index (κ1) is 12.2. The van der Waals surface area contributed by atoms with Gasteiger partial charge in [-0.1, -0.05) is 29.8 Å². The van der Waals surface area contributed by atoms with Crippen molar-refractivity contribution in [2.75, 3.05) is 19.6 Å². The first-order valence-electron chi connectivity index (χ1n) is 7.08. The number of fused-ring (bicyclic) bond motifs is 1. The fraction of sp³-hybridized carbons (Fsp3) is 0.625. The van der Waals surface area contributed by atoms with Crippen LogP contribution in [-0.2, 0) is 6.54 Å². The lowest BCUT2D eigenvalue weighted by atomic mass is 9.85. The third kappa shape index (κ3) is 1.98. The smallest absolute Gasteiger partial charge is 0.0239 e. The molecule has 0 bridgehead atoms. The van der Waals surface area contributed by atoms with E-state index < -0.39 is 0 Å². The van der Waals surface area contributed by atoms with E-state index in [1.807, 2.05) is 0 Å². The number of aryl methyl sites for hydroxylation is 1. The van der Waals surface area contributed by atoms with Crippen LogP contribution in [0.4, 0.5) is 0 Å². The van der Waals surface area contributed by atoms with Crippen molar-refractivity contribution in [1.82, 2.24) is 10.2 Å². The SMILES string of the molecule is Cc1ccc(CN2CC3CNCC3C2(C)C)cc1. The zero-order valence-electron chi connectivity index (χ0n) is 11.7. The number of benzene rings is 1. The lowest BCUT2D eigenvalue weighted by molar-refractivity contribution is 0.132. The maximum Gasteiger partial charge on any atom is 0.0239 e. The normalized spacial score (nSPS) is 30.6. The second-order valence-corrected chi connectivity index (χ2v) is 6.54. The Bertz CT molecular complexity index is 421. The van der Waals surface area contributed by atoms with Crippen molar-refractivity contribution in [3.05, 3.63) is 35.4 Å². The van der Waals surface area contributed by atoms with Gasteiger partial charge >= 0.3 is 0 Å². The van der Waals surface area contributed by atoms with Gasteiger partial charge in [-0.3, -0.25) is 4.90 Å². The molecule has 2 heterocycles. The maximum atomic E-state index is 3.55. The predicted molar refractivity (Wildman–Crippen MR) is 75.5 cm³/mol. The molecule has 2 unspecified atom stereocenters. The molecular formula is C16H24N2. The lowest BCUT2D eigenvalue weighted by Crippen LogP contribution is -2.43. The highest BCUT2D eigenvalue weighted by Crippen LogP contribution is 2.41. The molecule has 2 aliphatic heterocycles. The van der Waals surface area contributed by atoms with Crippen molar-refractivity contribution in [1.29, 1.82) is 0 Å². The Morgan fingerprint density at radius 3 is 2.61 bits per heavy atom. The minimum Gasteiger partial charge on any atom is -0.316 e. The van der Waals surface area contributed by atoms with Gasteiger partial charge in [0.2, 0.25) is 0 Å². The van der Waals surface area contributed by atoms with E-state index in [0.29, 0.717) is 5.54 Å². The molecule has 1 aromatic rings. The van der Waals surface area contributed by atoms with Crippen LogP contribution in [0.2, 0.25) is 0 Å². The molecule has 0 aliphatic carbocycles. The number of hydrogen-bond donors (Lipinski definition) is 1. The van der Waals surface area contributed by atoms with Gasteiger partial charge in [-0.25, -0.2) is 0 Å². The van der Waals surface area contributed by atoms with Crippen LogP contribution in [-0.4, -0.2) is 30.1 Å². The molecule has 3 rings (SSSR count). The Hall–Kier alpha value is -0.860. The van der Waals surface area contributed by atoms with E-state index in [0.717, 1.165) is 18.4 Å². The van der Waals surface area contributed by atoms with Crippen LogP contribution in [0, 0.1) is 18.8 Å². The van der Waals surface area contributed by atoms with Gasteiger partial charge in [-0.05, 0) is 44.7 Å². The summed E-state index contributed by atoms with van der Waals surface area (Å²) in [5.41, 5.74) is 3.13. The molecule has 2 heteroatoms. The minimum atomic E-state index is 0.332. The average Bonchev–Trinajstić information content (AvgIpc) is 2.87. The third-order valence-corrected chi connectivity index (χ3v) is 5.01. The zero-order chi connectivity index (χ0) is 12.8. The van der Waals surface area contributed by atoms with E-state index in [-0.39, 0.29) is 0 Å². The number of hydrogen-bond acceptors (Lipinski definition) is 2. The summed E-state index contributed by atoms with van der Waals surface area (Å²) >= 11 is 0. The van der Waals surface area contributed by atoms with E-state index in [4.69, 9.17) is 0 Å². The summed E-state index contributed by atoms with van der Waals surface area (Å²) in [5.74, 6) is 1.67. The van der Waals surface area contributed by atoms with Crippen LogP contribution in [0.15, 0.2) is 24.3 Å². The first-order chi connectivity index (χ1) is 8.57. The molecule has 1 N–H and O–H groups in total. The molecule has 2 fully saturated rings. The summed E-state index contributed by atoms with van der Waals surface area (Å²) in [5, 5.41) is 3.55. The summed E-state index contributed by atoms with van der Waals surface area (Å²) in [6.45, 7) is 11.7.